The number of carbonyl (C=O) groups excluding carboxylic acids is 3. The van der Waals surface area contributed by atoms with Crippen molar-refractivity contribution in [2.24, 2.45) is 23.7 Å². The number of rotatable bonds is 6. The van der Waals surface area contributed by atoms with E-state index in [1.165, 1.54) is 0 Å². The minimum Gasteiger partial charge on any atom is -0.455 e. The Hall–Kier alpha value is -2.47. The maximum Gasteiger partial charge on any atom is 0.310 e. The smallest absolute Gasteiger partial charge is 0.310 e. The largest absolute Gasteiger partial charge is 0.455 e. The van der Waals surface area contributed by atoms with Gasteiger partial charge >= 0.3 is 5.97 Å². The molecule has 0 aromatic heterocycles. The average Bonchev–Trinajstić information content (AvgIpc) is 3.36. The van der Waals surface area contributed by atoms with E-state index in [-0.39, 0.29) is 36.1 Å². The number of aryl methyl sites for hydroxylation is 1. The van der Waals surface area contributed by atoms with Crippen LogP contribution in [0.15, 0.2) is 53.0 Å². The summed E-state index contributed by atoms with van der Waals surface area (Å²) in [6.07, 6.45) is 2.79. The fourth-order valence-electron chi connectivity index (χ4n) is 4.99. The summed E-state index contributed by atoms with van der Waals surface area (Å²) in [4.78, 5) is 38.3. The quantitative estimate of drug-likeness (QED) is 0.487. The van der Waals surface area contributed by atoms with Crippen molar-refractivity contribution in [1.29, 1.82) is 0 Å². The lowest BCUT2D eigenvalue weighted by molar-refractivity contribution is -0.154. The number of hydrogen-bond acceptors (Lipinski definition) is 4. The van der Waals surface area contributed by atoms with E-state index in [9.17, 15) is 14.4 Å². The van der Waals surface area contributed by atoms with E-state index in [0.29, 0.717) is 11.3 Å². The minimum absolute atomic E-state index is 0.0136. The van der Waals surface area contributed by atoms with Gasteiger partial charge in [-0.3, -0.25) is 14.4 Å². The molecule has 156 valence electrons. The summed E-state index contributed by atoms with van der Waals surface area (Å²) >= 11 is 3.39. The maximum absolute atomic E-state index is 13.1. The van der Waals surface area contributed by atoms with E-state index in [1.807, 2.05) is 37.3 Å². The Labute approximate surface area is 184 Å². The van der Waals surface area contributed by atoms with Crippen LogP contribution in [-0.2, 0) is 14.3 Å². The van der Waals surface area contributed by atoms with Crippen LogP contribution in [0.2, 0.25) is 0 Å². The van der Waals surface area contributed by atoms with Crippen LogP contribution in [0, 0.1) is 30.6 Å². The van der Waals surface area contributed by atoms with Crippen molar-refractivity contribution in [2.75, 3.05) is 11.9 Å². The van der Waals surface area contributed by atoms with Gasteiger partial charge in [0.1, 0.15) is 0 Å². The fourth-order valence-corrected chi connectivity index (χ4v) is 5.46. The number of nitrogens with one attached hydrogen (secondary N) is 1. The number of carbonyl (C=O) groups is 3. The predicted octanol–water partition coefficient (Wildman–Crippen LogP) is 4.78. The highest BCUT2D eigenvalue weighted by Gasteiger charge is 2.54. The number of amides is 1. The maximum atomic E-state index is 13.1. The zero-order chi connectivity index (χ0) is 21.3. The third-order valence-electron chi connectivity index (χ3n) is 6.36. The molecule has 2 bridgehead atoms. The molecule has 0 unspecified atom stereocenters. The molecular formula is C24H24BrNO4. The van der Waals surface area contributed by atoms with Crippen molar-refractivity contribution < 1.29 is 19.1 Å². The molecule has 0 heterocycles. The molecule has 4 atom stereocenters. The lowest BCUT2D eigenvalue weighted by atomic mass is 9.75. The molecule has 2 aromatic carbocycles. The molecule has 0 aliphatic heterocycles. The molecule has 2 aromatic rings. The second-order valence-electron chi connectivity index (χ2n) is 8.23. The molecule has 4 rings (SSSR count). The number of benzene rings is 2. The van der Waals surface area contributed by atoms with E-state index in [4.69, 9.17) is 4.74 Å². The molecular weight excluding hydrogens is 446 g/mol. The van der Waals surface area contributed by atoms with Gasteiger partial charge in [-0.1, -0.05) is 46.3 Å². The Morgan fingerprint density at radius 3 is 2.43 bits per heavy atom. The molecule has 30 heavy (non-hydrogen) atoms. The van der Waals surface area contributed by atoms with Crippen molar-refractivity contribution in [1.82, 2.24) is 0 Å². The summed E-state index contributed by atoms with van der Waals surface area (Å²) < 4.78 is 6.31. The Bertz CT molecular complexity index is 974. The summed E-state index contributed by atoms with van der Waals surface area (Å²) in [6, 6.07) is 14.7. The first-order chi connectivity index (χ1) is 14.4. The summed E-state index contributed by atoms with van der Waals surface area (Å²) in [5.74, 6) is -1.23. The molecule has 0 radical (unpaired) electrons. The van der Waals surface area contributed by atoms with E-state index in [2.05, 4.69) is 21.2 Å². The van der Waals surface area contributed by atoms with Gasteiger partial charge in [0.05, 0.1) is 5.92 Å². The van der Waals surface area contributed by atoms with E-state index in [1.54, 1.807) is 18.2 Å². The number of ether oxygens (including phenoxy) is 1. The number of anilines is 1. The van der Waals surface area contributed by atoms with E-state index < -0.39 is 11.9 Å². The SMILES string of the molecule is Cc1cc(Br)ccc1NC(=O)COC(=O)[C@@H]1[C@H]2CC[C@@H](C2)[C@H]1C(=O)c1ccccc1. The second-order valence-corrected chi connectivity index (χ2v) is 9.15. The first-order valence-electron chi connectivity index (χ1n) is 10.3. The highest BCUT2D eigenvalue weighted by molar-refractivity contribution is 9.10. The van der Waals surface area contributed by atoms with Crippen LogP contribution in [0.3, 0.4) is 0 Å². The van der Waals surface area contributed by atoms with Gasteiger partial charge in [-0.15, -0.1) is 0 Å². The van der Waals surface area contributed by atoms with Gasteiger partial charge in [0.2, 0.25) is 0 Å². The lowest BCUT2D eigenvalue weighted by Gasteiger charge is -2.28. The highest BCUT2D eigenvalue weighted by Crippen LogP contribution is 2.53. The average molecular weight is 470 g/mol. The van der Waals surface area contributed by atoms with Crippen LogP contribution in [0.25, 0.3) is 0 Å². The Balaban J connectivity index is 1.40. The van der Waals surface area contributed by atoms with Gasteiger partial charge in [-0.05, 0) is 61.8 Å². The monoisotopic (exact) mass is 469 g/mol. The number of halogens is 1. The van der Waals surface area contributed by atoms with Crippen molar-refractivity contribution >= 4 is 39.3 Å². The number of ketones is 1. The zero-order valence-electron chi connectivity index (χ0n) is 16.8. The second kappa shape index (κ2) is 8.72. The van der Waals surface area contributed by atoms with Crippen LogP contribution in [0.5, 0.6) is 0 Å². The lowest BCUT2D eigenvalue weighted by Crippen LogP contribution is -2.37. The molecule has 1 amide bonds. The van der Waals surface area contributed by atoms with Crippen molar-refractivity contribution in [3.05, 3.63) is 64.1 Å². The van der Waals surface area contributed by atoms with Crippen molar-refractivity contribution in [2.45, 2.75) is 26.2 Å². The molecule has 5 nitrogen and oxygen atoms in total. The van der Waals surface area contributed by atoms with Gasteiger partial charge in [0.25, 0.3) is 5.91 Å². The third kappa shape index (κ3) is 4.19. The first-order valence-corrected chi connectivity index (χ1v) is 11.0. The minimum atomic E-state index is -0.460. The van der Waals surface area contributed by atoms with Gasteiger partial charge in [-0.2, -0.15) is 0 Å². The van der Waals surface area contributed by atoms with Crippen LogP contribution < -0.4 is 5.32 Å². The molecule has 6 heteroatoms. The number of esters is 1. The number of hydrogen-bond donors (Lipinski definition) is 1. The molecule has 2 aliphatic rings. The Morgan fingerprint density at radius 2 is 1.73 bits per heavy atom. The topological polar surface area (TPSA) is 72.5 Å². The van der Waals surface area contributed by atoms with E-state index in [0.717, 1.165) is 29.3 Å². The Morgan fingerprint density at radius 1 is 1.03 bits per heavy atom. The summed E-state index contributed by atoms with van der Waals surface area (Å²) in [5, 5.41) is 2.77. The van der Waals surface area contributed by atoms with Crippen LogP contribution in [-0.4, -0.2) is 24.3 Å². The summed E-state index contributed by atoms with van der Waals surface area (Å²) in [7, 11) is 0. The van der Waals surface area contributed by atoms with Gasteiger partial charge < -0.3 is 10.1 Å². The van der Waals surface area contributed by atoms with E-state index >= 15 is 0 Å². The molecule has 1 N–H and O–H groups in total. The molecule has 2 saturated carbocycles. The fraction of sp³-hybridized carbons (Fsp3) is 0.375. The summed E-state index contributed by atoms with van der Waals surface area (Å²) in [6.45, 7) is 1.54. The van der Waals surface area contributed by atoms with Crippen LogP contribution >= 0.6 is 15.9 Å². The molecule has 0 saturated heterocycles. The van der Waals surface area contributed by atoms with Crippen LogP contribution in [0.4, 0.5) is 5.69 Å². The number of fused-ring (bicyclic) bond motifs is 2. The standard InChI is InChI=1S/C24H24BrNO4/c1-14-11-18(25)9-10-19(14)26-20(27)13-30-24(29)22-17-8-7-16(12-17)21(22)23(28)15-5-3-2-4-6-15/h2-6,9-11,16-17,21-22H,7-8,12-13H2,1H3,(H,26,27)/t16-,17-,21+,22+/m0/s1. The molecule has 2 fully saturated rings. The highest BCUT2D eigenvalue weighted by atomic mass is 79.9. The number of Topliss-reactive ketones (excluding diaryl/α,β-unsaturated/α-hetero) is 1. The summed E-state index contributed by atoms with van der Waals surface area (Å²) in [5.41, 5.74) is 2.22. The predicted molar refractivity (Wildman–Crippen MR) is 117 cm³/mol. The van der Waals surface area contributed by atoms with Crippen LogP contribution in [0.1, 0.15) is 35.2 Å². The normalized spacial score (nSPS) is 24.5. The Kier molecular flexibility index (Phi) is 6.04. The van der Waals surface area contributed by atoms with Gasteiger partial charge in [0.15, 0.2) is 12.4 Å². The first kappa shape index (κ1) is 20.8. The molecule has 2 aliphatic carbocycles. The zero-order valence-corrected chi connectivity index (χ0v) is 18.4. The van der Waals surface area contributed by atoms with Crippen molar-refractivity contribution in [3.8, 4) is 0 Å². The van der Waals surface area contributed by atoms with Gasteiger partial charge in [-0.25, -0.2) is 0 Å². The third-order valence-corrected chi connectivity index (χ3v) is 6.85. The molecule has 0 spiro atoms. The van der Waals surface area contributed by atoms with Gasteiger partial charge in [0, 0.05) is 21.6 Å². The van der Waals surface area contributed by atoms with Crippen molar-refractivity contribution in [3.63, 3.8) is 0 Å².